The smallest absolute Gasteiger partial charge is 0.203 e. The van der Waals surface area contributed by atoms with Gasteiger partial charge in [-0.25, -0.2) is 0 Å². The molecule has 0 aromatic heterocycles. The van der Waals surface area contributed by atoms with Gasteiger partial charge in [-0.1, -0.05) is 0 Å². The van der Waals surface area contributed by atoms with E-state index in [0.29, 0.717) is 17.2 Å². The van der Waals surface area contributed by atoms with Crippen molar-refractivity contribution in [3.63, 3.8) is 0 Å². The largest absolute Gasteiger partial charge is 0.493 e. The number of ether oxygens (including phenoxy) is 3. The quantitative estimate of drug-likeness (QED) is 0.810. The molecule has 0 aliphatic carbocycles. The molecule has 0 aliphatic rings. The van der Waals surface area contributed by atoms with Gasteiger partial charge in [-0.2, -0.15) is 0 Å². The Labute approximate surface area is 89.9 Å². The lowest BCUT2D eigenvalue weighted by atomic mass is 10.1. The first-order chi connectivity index (χ1) is 7.15. The second kappa shape index (κ2) is 4.89. The summed E-state index contributed by atoms with van der Waals surface area (Å²) in [5.74, 6) is 1.98. The van der Waals surface area contributed by atoms with Crippen molar-refractivity contribution in [3.8, 4) is 17.2 Å². The maximum absolute atomic E-state index is 5.33. The van der Waals surface area contributed by atoms with Crippen molar-refractivity contribution in [1.29, 1.82) is 0 Å². The van der Waals surface area contributed by atoms with Gasteiger partial charge >= 0.3 is 0 Å². The van der Waals surface area contributed by atoms with Crippen LogP contribution in [-0.4, -0.2) is 21.3 Å². The van der Waals surface area contributed by atoms with Crippen LogP contribution in [0, 0.1) is 0 Å². The zero-order valence-electron chi connectivity index (χ0n) is 9.66. The third-order valence-corrected chi connectivity index (χ3v) is 2.27. The maximum Gasteiger partial charge on any atom is 0.203 e. The van der Waals surface area contributed by atoms with Crippen LogP contribution < -0.4 is 19.9 Å². The highest BCUT2D eigenvalue weighted by Crippen LogP contribution is 2.41. The molecule has 0 heterocycles. The Morgan fingerprint density at radius 1 is 1.00 bits per heavy atom. The highest BCUT2D eigenvalue weighted by atomic mass is 16.5. The summed E-state index contributed by atoms with van der Waals surface area (Å²) in [6.45, 7) is 2.00. The zero-order valence-corrected chi connectivity index (χ0v) is 9.66. The minimum atomic E-state index is 0.139. The van der Waals surface area contributed by atoms with Gasteiger partial charge in [0.2, 0.25) is 5.75 Å². The molecule has 3 N–H and O–H groups in total. The number of rotatable bonds is 4. The fourth-order valence-corrected chi connectivity index (χ4v) is 1.51. The van der Waals surface area contributed by atoms with E-state index in [-0.39, 0.29) is 6.04 Å². The molecule has 0 amide bonds. The molecule has 0 fully saturated rings. The number of hydrogen-bond donors (Lipinski definition) is 1. The van der Waals surface area contributed by atoms with Crippen molar-refractivity contribution in [2.24, 2.45) is 0 Å². The van der Waals surface area contributed by atoms with Gasteiger partial charge in [0.05, 0.1) is 26.9 Å². The normalized spacial score (nSPS) is 12.1. The molecule has 1 atom stereocenters. The summed E-state index contributed by atoms with van der Waals surface area (Å²) in [6, 6.07) is 3.94. The van der Waals surface area contributed by atoms with E-state index < -0.39 is 0 Å². The SMILES string of the molecule is COc1ccc([C@H](C)[NH3+])c(OC)c1OC. The average Bonchev–Trinajstić information content (AvgIpc) is 2.26. The first-order valence-electron chi connectivity index (χ1n) is 4.77. The minimum Gasteiger partial charge on any atom is -0.493 e. The van der Waals surface area contributed by atoms with Crippen LogP contribution in [-0.2, 0) is 0 Å². The van der Waals surface area contributed by atoms with E-state index in [0.717, 1.165) is 5.56 Å². The van der Waals surface area contributed by atoms with E-state index in [1.54, 1.807) is 21.3 Å². The zero-order chi connectivity index (χ0) is 11.4. The minimum absolute atomic E-state index is 0.139. The van der Waals surface area contributed by atoms with Crippen molar-refractivity contribution in [2.45, 2.75) is 13.0 Å². The van der Waals surface area contributed by atoms with Crippen LogP contribution >= 0.6 is 0 Å². The summed E-state index contributed by atoms with van der Waals surface area (Å²) in [7, 11) is 4.81. The number of benzene rings is 1. The molecule has 1 aromatic rings. The van der Waals surface area contributed by atoms with Crippen molar-refractivity contribution in [2.75, 3.05) is 21.3 Å². The molecular formula is C11H18NO3+. The molecule has 0 unspecified atom stereocenters. The van der Waals surface area contributed by atoms with Gasteiger partial charge in [-0.3, -0.25) is 0 Å². The fourth-order valence-electron chi connectivity index (χ4n) is 1.51. The Morgan fingerprint density at radius 3 is 2.00 bits per heavy atom. The monoisotopic (exact) mass is 212 g/mol. The average molecular weight is 212 g/mol. The van der Waals surface area contributed by atoms with Crippen molar-refractivity contribution >= 4 is 0 Å². The van der Waals surface area contributed by atoms with Gasteiger partial charge in [-0.15, -0.1) is 0 Å². The van der Waals surface area contributed by atoms with Gasteiger partial charge < -0.3 is 19.9 Å². The summed E-state index contributed by atoms with van der Waals surface area (Å²) in [5, 5.41) is 0. The molecule has 0 radical (unpaired) electrons. The third kappa shape index (κ3) is 2.15. The molecule has 4 nitrogen and oxygen atoms in total. The lowest BCUT2D eigenvalue weighted by Crippen LogP contribution is -2.51. The summed E-state index contributed by atoms with van der Waals surface area (Å²) >= 11 is 0. The predicted molar refractivity (Wildman–Crippen MR) is 57.4 cm³/mol. The van der Waals surface area contributed by atoms with Crippen LogP contribution in [0.3, 0.4) is 0 Å². The van der Waals surface area contributed by atoms with Gasteiger partial charge in [0.1, 0.15) is 6.04 Å². The van der Waals surface area contributed by atoms with Crippen LogP contribution in [0.25, 0.3) is 0 Å². The van der Waals surface area contributed by atoms with Crippen molar-refractivity contribution in [3.05, 3.63) is 17.7 Å². The molecular weight excluding hydrogens is 194 g/mol. The lowest BCUT2D eigenvalue weighted by Gasteiger charge is -2.16. The van der Waals surface area contributed by atoms with Gasteiger partial charge in [0.25, 0.3) is 0 Å². The number of quaternary nitrogens is 1. The van der Waals surface area contributed by atoms with Gasteiger partial charge in [0, 0.05) is 0 Å². The Morgan fingerprint density at radius 2 is 1.60 bits per heavy atom. The molecule has 15 heavy (non-hydrogen) atoms. The second-order valence-electron chi connectivity index (χ2n) is 3.32. The van der Waals surface area contributed by atoms with E-state index in [2.05, 4.69) is 5.73 Å². The van der Waals surface area contributed by atoms with Crippen LogP contribution in [0.15, 0.2) is 12.1 Å². The summed E-state index contributed by atoms with van der Waals surface area (Å²) in [5.41, 5.74) is 4.98. The second-order valence-corrected chi connectivity index (χ2v) is 3.32. The predicted octanol–water partition coefficient (Wildman–Crippen LogP) is 1.02. The van der Waals surface area contributed by atoms with E-state index in [1.807, 2.05) is 19.1 Å². The molecule has 0 saturated heterocycles. The topological polar surface area (TPSA) is 55.3 Å². The lowest BCUT2D eigenvalue weighted by molar-refractivity contribution is -0.420. The standard InChI is InChI=1S/C11H17NO3/c1-7(12)8-5-6-9(13-2)11(15-4)10(8)14-3/h5-7H,12H2,1-4H3/p+1/t7-/m0/s1. The van der Waals surface area contributed by atoms with Crippen LogP contribution in [0.5, 0.6) is 17.2 Å². The van der Waals surface area contributed by atoms with Crippen molar-refractivity contribution < 1.29 is 19.9 Å². The summed E-state index contributed by atoms with van der Waals surface area (Å²) < 4.78 is 15.8. The summed E-state index contributed by atoms with van der Waals surface area (Å²) in [4.78, 5) is 0. The van der Waals surface area contributed by atoms with Gasteiger partial charge in [0.15, 0.2) is 11.5 Å². The van der Waals surface area contributed by atoms with Gasteiger partial charge in [-0.05, 0) is 19.1 Å². The number of hydrogen-bond acceptors (Lipinski definition) is 3. The van der Waals surface area contributed by atoms with E-state index in [9.17, 15) is 0 Å². The molecule has 84 valence electrons. The Bertz CT molecular complexity index is 337. The first-order valence-corrected chi connectivity index (χ1v) is 4.77. The molecule has 0 saturated carbocycles. The Kier molecular flexibility index (Phi) is 3.80. The molecule has 0 aliphatic heterocycles. The van der Waals surface area contributed by atoms with Crippen molar-refractivity contribution in [1.82, 2.24) is 0 Å². The van der Waals surface area contributed by atoms with Crippen LogP contribution in [0.1, 0.15) is 18.5 Å². The number of methoxy groups -OCH3 is 3. The molecule has 0 bridgehead atoms. The summed E-state index contributed by atoms with van der Waals surface area (Å²) in [6.07, 6.45) is 0. The maximum atomic E-state index is 5.33. The highest BCUT2D eigenvalue weighted by Gasteiger charge is 2.19. The highest BCUT2D eigenvalue weighted by molar-refractivity contribution is 5.56. The van der Waals surface area contributed by atoms with E-state index in [1.165, 1.54) is 0 Å². The van der Waals surface area contributed by atoms with E-state index >= 15 is 0 Å². The van der Waals surface area contributed by atoms with E-state index in [4.69, 9.17) is 14.2 Å². The Balaban J connectivity index is 3.34. The molecule has 1 rings (SSSR count). The third-order valence-electron chi connectivity index (χ3n) is 2.27. The molecule has 0 spiro atoms. The fraction of sp³-hybridized carbons (Fsp3) is 0.455. The molecule has 1 aromatic carbocycles. The van der Waals surface area contributed by atoms with Crippen LogP contribution in [0.2, 0.25) is 0 Å². The van der Waals surface area contributed by atoms with Crippen LogP contribution in [0.4, 0.5) is 0 Å². The molecule has 4 heteroatoms. The Hall–Kier alpha value is -1.42. The first kappa shape index (κ1) is 11.7.